The number of likely N-dealkylation sites (N-methyl/N-ethyl adjacent to an activating group) is 1. The van der Waals surface area contributed by atoms with Gasteiger partial charge in [-0.1, -0.05) is 46.4 Å². The SMILES string of the molecule is CCN(CCO)c1ccc(/N=C2\C(=O)N(c3c(Cl)cc(Cl)cc3Cl)N=C2Nc2cc(N(C=O)C(=O)C(=O)C(=O)C(=O)C(=O)C=O)ccc2Cl)c(C)c1. The molecule has 1 heterocycles. The van der Waals surface area contributed by atoms with Crippen molar-refractivity contribution in [2.75, 3.05) is 39.8 Å². The molecular formula is C33H24Cl4N6O9. The summed E-state index contributed by atoms with van der Waals surface area (Å²) in [5.41, 5.74) is 1.00. The van der Waals surface area contributed by atoms with E-state index in [1.165, 1.54) is 18.2 Å². The number of anilines is 4. The highest BCUT2D eigenvalue weighted by Crippen LogP contribution is 2.39. The Bertz CT molecular complexity index is 2100. The fourth-order valence-corrected chi connectivity index (χ4v) is 5.87. The monoisotopic (exact) mass is 788 g/mol. The number of nitrogens with one attached hydrogen (secondary N) is 1. The minimum absolute atomic E-state index is 0.0352. The molecule has 0 unspecified atom stereocenters. The number of Topliss-reactive ketones (excluding diaryl/α,β-unsaturated/α-hetero) is 4. The predicted molar refractivity (Wildman–Crippen MR) is 194 cm³/mol. The lowest BCUT2D eigenvalue weighted by atomic mass is 10.1. The fraction of sp³-hybridized carbons (Fsp3) is 0.152. The highest BCUT2D eigenvalue weighted by atomic mass is 35.5. The van der Waals surface area contributed by atoms with E-state index in [9.17, 15) is 43.5 Å². The Morgan fingerprint density at radius 1 is 0.904 bits per heavy atom. The zero-order valence-electron chi connectivity index (χ0n) is 26.9. The number of hydrazone groups is 1. The van der Waals surface area contributed by atoms with Crippen LogP contribution in [0.3, 0.4) is 0 Å². The number of hydrogen-bond acceptors (Lipinski definition) is 13. The van der Waals surface area contributed by atoms with E-state index in [0.29, 0.717) is 24.3 Å². The molecule has 0 radical (unpaired) electrons. The Labute approximate surface area is 314 Å². The predicted octanol–water partition coefficient (Wildman–Crippen LogP) is 3.94. The molecule has 3 amide bonds. The summed E-state index contributed by atoms with van der Waals surface area (Å²) in [4.78, 5) is 103. The first-order chi connectivity index (χ1) is 24.7. The number of imide groups is 1. The van der Waals surface area contributed by atoms with Crippen LogP contribution in [0.4, 0.5) is 28.4 Å². The fourth-order valence-electron chi connectivity index (χ4n) is 4.73. The summed E-state index contributed by atoms with van der Waals surface area (Å²) in [6.45, 7) is 4.61. The summed E-state index contributed by atoms with van der Waals surface area (Å²) >= 11 is 25.3. The number of benzene rings is 3. The lowest BCUT2D eigenvalue weighted by Gasteiger charge is -2.22. The lowest BCUT2D eigenvalue weighted by Crippen LogP contribution is -2.43. The number of aliphatic hydroxyl groups excluding tert-OH is 1. The molecule has 0 spiro atoms. The summed E-state index contributed by atoms with van der Waals surface area (Å²) in [5, 5.41) is 17.5. The van der Waals surface area contributed by atoms with Crippen molar-refractivity contribution in [3.63, 3.8) is 0 Å². The van der Waals surface area contributed by atoms with E-state index in [1.807, 2.05) is 17.9 Å². The average molecular weight is 790 g/mol. The molecule has 0 atom stereocenters. The molecule has 52 heavy (non-hydrogen) atoms. The number of ketones is 4. The van der Waals surface area contributed by atoms with Crippen molar-refractivity contribution < 1.29 is 43.5 Å². The largest absolute Gasteiger partial charge is 0.395 e. The van der Waals surface area contributed by atoms with E-state index < -0.39 is 41.2 Å². The average Bonchev–Trinajstić information content (AvgIpc) is 3.40. The van der Waals surface area contributed by atoms with Gasteiger partial charge < -0.3 is 15.3 Å². The van der Waals surface area contributed by atoms with Gasteiger partial charge in [-0.05, 0) is 67.9 Å². The molecule has 0 aromatic heterocycles. The van der Waals surface area contributed by atoms with Crippen molar-refractivity contribution >= 4 is 134 Å². The highest BCUT2D eigenvalue weighted by Gasteiger charge is 2.38. The third kappa shape index (κ3) is 8.25. The number of amidine groups is 1. The number of nitrogens with zero attached hydrogens (tertiary/aromatic N) is 5. The molecule has 3 aromatic rings. The Morgan fingerprint density at radius 3 is 2.13 bits per heavy atom. The van der Waals surface area contributed by atoms with E-state index in [4.69, 9.17) is 46.4 Å². The van der Waals surface area contributed by atoms with Crippen LogP contribution in [0.25, 0.3) is 0 Å². The Balaban J connectivity index is 1.79. The van der Waals surface area contributed by atoms with Gasteiger partial charge in [0.15, 0.2) is 17.8 Å². The maximum atomic E-state index is 14.0. The van der Waals surface area contributed by atoms with Gasteiger partial charge in [0.05, 0.1) is 38.7 Å². The van der Waals surface area contributed by atoms with Gasteiger partial charge in [-0.2, -0.15) is 5.01 Å². The Hall–Kier alpha value is -5.32. The first kappa shape index (κ1) is 39.5. The number of aliphatic hydroxyl groups is 1. The Morgan fingerprint density at radius 2 is 1.56 bits per heavy atom. The smallest absolute Gasteiger partial charge is 0.309 e. The molecule has 1 aliphatic heterocycles. The number of aryl methyl sites for hydroxylation is 1. The number of hydrogen-bond donors (Lipinski definition) is 2. The maximum Gasteiger partial charge on any atom is 0.309 e. The van der Waals surface area contributed by atoms with Gasteiger partial charge >= 0.3 is 11.8 Å². The highest BCUT2D eigenvalue weighted by molar-refractivity contribution is 6.91. The van der Waals surface area contributed by atoms with E-state index in [0.717, 1.165) is 22.8 Å². The summed E-state index contributed by atoms with van der Waals surface area (Å²) in [6, 6.07) is 11.2. The van der Waals surface area contributed by atoms with E-state index in [2.05, 4.69) is 15.4 Å². The molecule has 4 rings (SSSR count). The van der Waals surface area contributed by atoms with Gasteiger partial charge in [0.1, 0.15) is 5.69 Å². The van der Waals surface area contributed by atoms with E-state index in [-0.39, 0.29) is 66.6 Å². The van der Waals surface area contributed by atoms with Crippen LogP contribution in [0.5, 0.6) is 0 Å². The molecule has 0 bridgehead atoms. The summed E-state index contributed by atoms with van der Waals surface area (Å²) in [7, 11) is 0. The molecule has 3 aromatic carbocycles. The minimum atomic E-state index is -2.13. The van der Waals surface area contributed by atoms with Crippen LogP contribution in [0.2, 0.25) is 20.1 Å². The first-order valence-electron chi connectivity index (χ1n) is 14.8. The van der Waals surface area contributed by atoms with Crippen molar-refractivity contribution in [2.24, 2.45) is 10.1 Å². The van der Waals surface area contributed by atoms with Crippen LogP contribution in [0.15, 0.2) is 58.6 Å². The number of aliphatic imine (C=N–C) groups is 1. The molecule has 1 aliphatic rings. The quantitative estimate of drug-likeness (QED) is 0.136. The molecule has 268 valence electrons. The molecular weight excluding hydrogens is 766 g/mol. The second-order valence-electron chi connectivity index (χ2n) is 10.6. The van der Waals surface area contributed by atoms with Gasteiger partial charge in [0, 0.05) is 23.8 Å². The van der Waals surface area contributed by atoms with E-state index >= 15 is 0 Å². The van der Waals surface area contributed by atoms with Gasteiger partial charge in [-0.3, -0.25) is 38.4 Å². The summed E-state index contributed by atoms with van der Waals surface area (Å²) in [5.74, 6) is -11.0. The van der Waals surface area contributed by atoms with Crippen molar-refractivity contribution in [2.45, 2.75) is 13.8 Å². The number of carbonyl (C=O) groups excluding carboxylic acids is 8. The normalized spacial score (nSPS) is 13.1. The van der Waals surface area contributed by atoms with Crippen LogP contribution in [-0.2, 0) is 38.4 Å². The van der Waals surface area contributed by atoms with E-state index in [1.54, 1.807) is 19.1 Å². The van der Waals surface area contributed by atoms with Crippen LogP contribution in [-0.4, -0.2) is 84.0 Å². The van der Waals surface area contributed by atoms with Crippen LogP contribution >= 0.6 is 46.4 Å². The van der Waals surface area contributed by atoms with Crippen LogP contribution in [0.1, 0.15) is 12.5 Å². The minimum Gasteiger partial charge on any atom is -0.395 e. The van der Waals surface area contributed by atoms with Crippen LogP contribution in [0, 0.1) is 6.92 Å². The van der Waals surface area contributed by atoms with Gasteiger partial charge in [-0.15, -0.1) is 5.10 Å². The zero-order valence-corrected chi connectivity index (χ0v) is 29.9. The number of rotatable bonds is 14. The molecule has 19 heteroatoms. The number of amides is 3. The molecule has 2 N–H and O–H groups in total. The van der Waals surface area contributed by atoms with Crippen molar-refractivity contribution in [1.29, 1.82) is 0 Å². The number of halogens is 4. The van der Waals surface area contributed by atoms with Gasteiger partial charge in [-0.25, -0.2) is 9.89 Å². The molecule has 15 nitrogen and oxygen atoms in total. The topological polar surface area (TPSA) is 203 Å². The second kappa shape index (κ2) is 16.8. The van der Waals surface area contributed by atoms with Crippen molar-refractivity contribution in [1.82, 2.24) is 0 Å². The standard InChI is InChI=1S/C33H24Cl4N6O9/c1-3-41(8-9-44)18-5-7-23(16(2)10-18)38-26-31(40-43(32(26)51)27-21(36)11-17(34)12-22(27)37)39-24-13-19(4-6-20(24)35)42(15-46)33(52)30(50)29(49)28(48)25(47)14-45/h4-7,10-15,44H,3,8-9H2,1-2H3,(H,39,40)/b38-26-. The molecule has 0 aliphatic carbocycles. The molecule has 0 saturated carbocycles. The number of aldehydes is 1. The zero-order chi connectivity index (χ0) is 38.4. The second-order valence-corrected chi connectivity index (χ2v) is 12.2. The molecule has 0 saturated heterocycles. The third-order valence-electron chi connectivity index (χ3n) is 7.29. The summed E-state index contributed by atoms with van der Waals surface area (Å²) < 4.78 is 0. The first-order valence-corrected chi connectivity index (χ1v) is 16.3. The maximum absolute atomic E-state index is 14.0. The third-order valence-corrected chi connectivity index (χ3v) is 8.41. The molecule has 0 fully saturated rings. The van der Waals surface area contributed by atoms with Crippen molar-refractivity contribution in [3.8, 4) is 0 Å². The van der Waals surface area contributed by atoms with Gasteiger partial charge in [0.2, 0.25) is 6.41 Å². The van der Waals surface area contributed by atoms with Gasteiger partial charge in [0.25, 0.3) is 23.1 Å². The van der Waals surface area contributed by atoms with Crippen LogP contribution < -0.4 is 20.1 Å². The summed E-state index contributed by atoms with van der Waals surface area (Å²) in [6.07, 6.45) is -0.652. The van der Waals surface area contributed by atoms with Crippen molar-refractivity contribution in [3.05, 3.63) is 74.2 Å². The number of carbonyl (C=O) groups is 8. The lowest BCUT2D eigenvalue weighted by molar-refractivity contribution is -0.151. The Kier molecular flexibility index (Phi) is 12.7.